The molecule has 0 saturated carbocycles. The summed E-state index contributed by atoms with van der Waals surface area (Å²) in [5.74, 6) is -0.266. The lowest BCUT2D eigenvalue weighted by Gasteiger charge is -2.15. The minimum Gasteiger partial charge on any atom is -0.460 e. The number of hydrogen-bond donors (Lipinski definition) is 1. The minimum atomic E-state index is -0.266. The lowest BCUT2D eigenvalue weighted by Crippen LogP contribution is -2.26. The van der Waals surface area contributed by atoms with E-state index in [-0.39, 0.29) is 18.1 Å². The second-order valence-electron chi connectivity index (χ2n) is 3.58. The molecular formula is C11H13NO2. The van der Waals surface area contributed by atoms with Gasteiger partial charge in [-0.05, 0) is 11.1 Å². The van der Waals surface area contributed by atoms with E-state index in [0.29, 0.717) is 0 Å². The second-order valence-corrected chi connectivity index (χ2v) is 3.58. The van der Waals surface area contributed by atoms with Crippen LogP contribution in [0.2, 0.25) is 0 Å². The van der Waals surface area contributed by atoms with Crippen LogP contribution in [0.3, 0.4) is 0 Å². The summed E-state index contributed by atoms with van der Waals surface area (Å²) in [4.78, 5) is 10.8. The van der Waals surface area contributed by atoms with Crippen LogP contribution in [0.4, 0.5) is 0 Å². The van der Waals surface area contributed by atoms with E-state index in [1.54, 1.807) is 0 Å². The summed E-state index contributed by atoms with van der Waals surface area (Å²) in [5.41, 5.74) is 8.24. The van der Waals surface area contributed by atoms with Gasteiger partial charge in [0.2, 0.25) is 0 Å². The largest absolute Gasteiger partial charge is 0.460 e. The summed E-state index contributed by atoms with van der Waals surface area (Å²) >= 11 is 0. The number of carbonyl (C=O) groups excluding carboxylic acids is 1. The molecule has 0 bridgehead atoms. The molecule has 0 amide bonds. The molecule has 2 rings (SSSR count). The summed E-state index contributed by atoms with van der Waals surface area (Å²) in [6.07, 6.45) is 0.543. The third-order valence-electron chi connectivity index (χ3n) is 2.55. The first-order valence-electron chi connectivity index (χ1n) is 4.69. The number of carbonyl (C=O) groups is 1. The predicted molar refractivity (Wildman–Crippen MR) is 52.6 cm³/mol. The Morgan fingerprint density at radius 1 is 1.50 bits per heavy atom. The number of ether oxygens (including phenoxy) is 1. The molecule has 2 unspecified atom stereocenters. The molecule has 1 aromatic rings. The van der Waals surface area contributed by atoms with Gasteiger partial charge in [-0.1, -0.05) is 24.3 Å². The minimum absolute atomic E-state index is 0.171. The number of nitrogens with two attached hydrogens (primary N) is 1. The van der Waals surface area contributed by atoms with E-state index in [9.17, 15) is 4.79 Å². The molecule has 74 valence electrons. The summed E-state index contributed by atoms with van der Waals surface area (Å²) in [5, 5.41) is 0. The molecule has 3 nitrogen and oxygen atoms in total. The van der Waals surface area contributed by atoms with Gasteiger partial charge in [0.15, 0.2) is 0 Å². The maximum Gasteiger partial charge on any atom is 0.302 e. The van der Waals surface area contributed by atoms with Crippen molar-refractivity contribution in [3.8, 4) is 0 Å². The van der Waals surface area contributed by atoms with Crippen LogP contribution in [0.25, 0.3) is 0 Å². The highest BCUT2D eigenvalue weighted by atomic mass is 16.5. The van der Waals surface area contributed by atoms with E-state index >= 15 is 0 Å². The standard InChI is InChI=1S/C11H13NO2/c1-7(13)14-10-6-8-4-2-3-5-9(8)11(10)12/h2-5,10-11H,6,12H2,1H3. The molecule has 2 N–H and O–H groups in total. The Balaban J connectivity index is 2.21. The van der Waals surface area contributed by atoms with E-state index in [4.69, 9.17) is 10.5 Å². The van der Waals surface area contributed by atoms with E-state index in [2.05, 4.69) is 0 Å². The Morgan fingerprint density at radius 3 is 2.86 bits per heavy atom. The van der Waals surface area contributed by atoms with Gasteiger partial charge in [0, 0.05) is 13.3 Å². The van der Waals surface area contributed by atoms with Crippen LogP contribution in [0.1, 0.15) is 24.1 Å². The van der Waals surface area contributed by atoms with E-state index < -0.39 is 0 Å². The average molecular weight is 191 g/mol. The Kier molecular flexibility index (Phi) is 2.25. The molecule has 0 saturated heterocycles. The van der Waals surface area contributed by atoms with Gasteiger partial charge in [0.05, 0.1) is 6.04 Å². The lowest BCUT2D eigenvalue weighted by atomic mass is 10.1. The van der Waals surface area contributed by atoms with Crippen molar-refractivity contribution in [3.05, 3.63) is 35.4 Å². The van der Waals surface area contributed by atoms with Crippen molar-refractivity contribution in [1.29, 1.82) is 0 Å². The van der Waals surface area contributed by atoms with Crippen molar-refractivity contribution in [1.82, 2.24) is 0 Å². The SMILES string of the molecule is CC(=O)OC1Cc2ccccc2C1N. The number of benzene rings is 1. The molecule has 0 fully saturated rings. The molecule has 0 aliphatic heterocycles. The van der Waals surface area contributed by atoms with Gasteiger partial charge in [0.25, 0.3) is 0 Å². The van der Waals surface area contributed by atoms with Gasteiger partial charge in [-0.3, -0.25) is 4.79 Å². The summed E-state index contributed by atoms with van der Waals surface area (Å²) < 4.78 is 5.14. The molecule has 1 aliphatic carbocycles. The molecule has 1 aromatic carbocycles. The smallest absolute Gasteiger partial charge is 0.302 e. The number of esters is 1. The van der Waals surface area contributed by atoms with Crippen LogP contribution in [0.5, 0.6) is 0 Å². The molecule has 0 heterocycles. The van der Waals surface area contributed by atoms with Crippen LogP contribution in [-0.4, -0.2) is 12.1 Å². The van der Waals surface area contributed by atoms with E-state index in [0.717, 1.165) is 12.0 Å². The van der Waals surface area contributed by atoms with Crippen molar-refractivity contribution in [2.75, 3.05) is 0 Å². The molecule has 14 heavy (non-hydrogen) atoms. The Bertz CT molecular complexity index is 362. The van der Waals surface area contributed by atoms with Crippen LogP contribution >= 0.6 is 0 Å². The van der Waals surface area contributed by atoms with Crippen LogP contribution in [0.15, 0.2) is 24.3 Å². The third kappa shape index (κ3) is 1.51. The highest BCUT2D eigenvalue weighted by molar-refractivity contribution is 5.66. The van der Waals surface area contributed by atoms with Crippen molar-refractivity contribution in [3.63, 3.8) is 0 Å². The zero-order valence-corrected chi connectivity index (χ0v) is 8.07. The fraction of sp³-hybridized carbons (Fsp3) is 0.364. The Hall–Kier alpha value is -1.35. The predicted octanol–water partition coefficient (Wildman–Crippen LogP) is 1.17. The normalized spacial score (nSPS) is 24.4. The molecule has 2 atom stereocenters. The highest BCUT2D eigenvalue weighted by Gasteiger charge is 2.31. The molecule has 3 heteroatoms. The first kappa shape index (κ1) is 9.21. The summed E-state index contributed by atoms with van der Waals surface area (Å²) in [6, 6.07) is 7.77. The monoisotopic (exact) mass is 191 g/mol. The van der Waals surface area contributed by atoms with Crippen molar-refractivity contribution in [2.24, 2.45) is 5.73 Å². The number of rotatable bonds is 1. The average Bonchev–Trinajstić information content (AvgIpc) is 2.44. The fourth-order valence-electron chi connectivity index (χ4n) is 1.92. The number of fused-ring (bicyclic) bond motifs is 1. The molecule has 0 radical (unpaired) electrons. The molecule has 0 aromatic heterocycles. The van der Waals surface area contributed by atoms with Crippen LogP contribution < -0.4 is 5.73 Å². The van der Waals surface area contributed by atoms with Gasteiger partial charge >= 0.3 is 5.97 Å². The summed E-state index contributed by atoms with van der Waals surface area (Å²) in [6.45, 7) is 1.41. The van der Waals surface area contributed by atoms with Crippen LogP contribution in [0, 0.1) is 0 Å². The third-order valence-corrected chi connectivity index (χ3v) is 2.55. The zero-order valence-electron chi connectivity index (χ0n) is 8.07. The Morgan fingerprint density at radius 2 is 2.21 bits per heavy atom. The van der Waals surface area contributed by atoms with Gasteiger partial charge < -0.3 is 10.5 Å². The number of hydrogen-bond acceptors (Lipinski definition) is 3. The zero-order chi connectivity index (χ0) is 10.1. The highest BCUT2D eigenvalue weighted by Crippen LogP contribution is 2.31. The quantitative estimate of drug-likeness (QED) is 0.678. The topological polar surface area (TPSA) is 52.3 Å². The Labute approximate surface area is 82.9 Å². The fourth-order valence-corrected chi connectivity index (χ4v) is 1.92. The van der Waals surface area contributed by atoms with E-state index in [1.165, 1.54) is 12.5 Å². The second kappa shape index (κ2) is 3.42. The van der Waals surface area contributed by atoms with Crippen molar-refractivity contribution in [2.45, 2.75) is 25.5 Å². The maximum absolute atomic E-state index is 10.8. The van der Waals surface area contributed by atoms with Gasteiger partial charge in [0.1, 0.15) is 6.10 Å². The summed E-state index contributed by atoms with van der Waals surface area (Å²) in [7, 11) is 0. The van der Waals surface area contributed by atoms with E-state index in [1.807, 2.05) is 24.3 Å². The van der Waals surface area contributed by atoms with Gasteiger partial charge in [-0.15, -0.1) is 0 Å². The lowest BCUT2D eigenvalue weighted by molar-refractivity contribution is -0.146. The first-order valence-corrected chi connectivity index (χ1v) is 4.69. The van der Waals surface area contributed by atoms with Crippen LogP contribution in [-0.2, 0) is 16.0 Å². The molecule has 0 spiro atoms. The van der Waals surface area contributed by atoms with Gasteiger partial charge in [-0.25, -0.2) is 0 Å². The first-order chi connectivity index (χ1) is 6.68. The van der Waals surface area contributed by atoms with Gasteiger partial charge in [-0.2, -0.15) is 0 Å². The van der Waals surface area contributed by atoms with Crippen molar-refractivity contribution < 1.29 is 9.53 Å². The van der Waals surface area contributed by atoms with Crippen molar-refractivity contribution >= 4 is 5.97 Å². The molecule has 1 aliphatic rings. The molecular weight excluding hydrogens is 178 g/mol. The maximum atomic E-state index is 10.8.